The van der Waals surface area contributed by atoms with Gasteiger partial charge in [-0.1, -0.05) is 0 Å². The van der Waals surface area contributed by atoms with Gasteiger partial charge in [0.15, 0.2) is 0 Å². The Bertz CT molecular complexity index is 1230. The number of nitrogens with one attached hydrogen (secondary N) is 1. The third kappa shape index (κ3) is 2.90. The van der Waals surface area contributed by atoms with E-state index in [1.165, 1.54) is 12.1 Å². The smallest absolute Gasteiger partial charge is 0.306 e. The van der Waals surface area contributed by atoms with E-state index < -0.39 is 0 Å². The number of aromatic nitrogens is 4. The van der Waals surface area contributed by atoms with Crippen LogP contribution in [0, 0.1) is 5.82 Å². The quantitative estimate of drug-likeness (QED) is 0.490. The molecule has 8 heteroatoms. The minimum absolute atomic E-state index is 0.306. The fourth-order valence-corrected chi connectivity index (χ4v) is 2.99. The highest BCUT2D eigenvalue weighted by molar-refractivity contribution is 5.79. The molecule has 0 aliphatic rings. The maximum absolute atomic E-state index is 13.3. The summed E-state index contributed by atoms with van der Waals surface area (Å²) in [7, 11) is 0. The first-order valence-electron chi connectivity index (χ1n) is 8.59. The summed E-state index contributed by atoms with van der Waals surface area (Å²) in [6.45, 7) is 0.467. The highest BCUT2D eigenvalue weighted by Crippen LogP contribution is 2.32. The van der Waals surface area contributed by atoms with Gasteiger partial charge in [-0.05, 0) is 42.5 Å². The zero-order valence-electron chi connectivity index (χ0n) is 14.5. The Morgan fingerprint density at radius 2 is 1.89 bits per heavy atom. The lowest BCUT2D eigenvalue weighted by molar-refractivity contribution is 0.517. The molecule has 0 amide bonds. The highest BCUT2D eigenvalue weighted by Gasteiger charge is 2.19. The number of nitrogens with zero attached hydrogens (tertiary/aromatic N) is 4. The molecule has 138 valence electrons. The topological polar surface area (TPSA) is 81.4 Å². The van der Waals surface area contributed by atoms with E-state index in [2.05, 4.69) is 20.3 Å². The number of anilines is 1. The molecular formula is C20H14FN5O2. The largest absolute Gasteiger partial charge is 0.467 e. The van der Waals surface area contributed by atoms with Crippen LogP contribution >= 0.6 is 0 Å². The van der Waals surface area contributed by atoms with Crippen LogP contribution in [-0.2, 0) is 6.54 Å². The molecule has 1 aromatic carbocycles. The maximum Gasteiger partial charge on any atom is 0.306 e. The first-order valence-corrected chi connectivity index (χ1v) is 8.59. The minimum atomic E-state index is -0.306. The molecule has 1 N–H and O–H groups in total. The van der Waals surface area contributed by atoms with E-state index in [1.54, 1.807) is 47.5 Å². The molecule has 0 saturated heterocycles. The Hall–Kier alpha value is -3.94. The van der Waals surface area contributed by atoms with Crippen molar-refractivity contribution in [1.29, 1.82) is 0 Å². The van der Waals surface area contributed by atoms with Gasteiger partial charge in [-0.2, -0.15) is 4.98 Å². The Labute approximate surface area is 158 Å². The average Bonchev–Trinajstić information content (AvgIpc) is 3.44. The predicted octanol–water partition coefficient (Wildman–Crippen LogP) is 4.40. The molecule has 0 aliphatic carbocycles. The summed E-state index contributed by atoms with van der Waals surface area (Å²) in [4.78, 5) is 13.4. The number of oxazole rings is 1. The molecule has 0 unspecified atom stereocenters. The molecule has 0 spiro atoms. The molecule has 7 nitrogen and oxygen atoms in total. The standard InChI is InChI=1S/C20H14FN5O2/c21-14-5-3-13(4-6-14)17-18(26-9-11-28-20(26)25-17)16-7-8-22-19(24-16)23-12-15-2-1-10-27-15/h1-11H,12H2,(H,22,23,24). The van der Waals surface area contributed by atoms with E-state index in [-0.39, 0.29) is 5.82 Å². The number of hydrogen-bond donors (Lipinski definition) is 1. The van der Waals surface area contributed by atoms with Gasteiger partial charge < -0.3 is 14.2 Å². The number of halogens is 1. The second kappa shape index (κ2) is 6.66. The van der Waals surface area contributed by atoms with Gasteiger partial charge in [0.05, 0.1) is 18.5 Å². The lowest BCUT2D eigenvalue weighted by atomic mass is 10.1. The van der Waals surface area contributed by atoms with Crippen LogP contribution in [0.15, 0.2) is 76.2 Å². The van der Waals surface area contributed by atoms with E-state index in [1.807, 2.05) is 12.1 Å². The minimum Gasteiger partial charge on any atom is -0.467 e. The van der Waals surface area contributed by atoms with Gasteiger partial charge in [-0.3, -0.25) is 4.40 Å². The molecule has 0 bridgehead atoms. The monoisotopic (exact) mass is 375 g/mol. The van der Waals surface area contributed by atoms with Crippen molar-refractivity contribution < 1.29 is 13.2 Å². The third-order valence-electron chi connectivity index (χ3n) is 4.28. The SMILES string of the molecule is Fc1ccc(-c2nc3occn3c2-c2ccnc(NCc3ccco3)n2)cc1. The molecule has 0 aliphatic heterocycles. The molecule has 0 atom stereocenters. The molecule has 28 heavy (non-hydrogen) atoms. The van der Waals surface area contributed by atoms with Crippen molar-refractivity contribution in [2.24, 2.45) is 0 Å². The molecular weight excluding hydrogens is 361 g/mol. The lowest BCUT2D eigenvalue weighted by Crippen LogP contribution is -2.03. The van der Waals surface area contributed by atoms with Gasteiger partial charge in [-0.25, -0.2) is 14.4 Å². The van der Waals surface area contributed by atoms with Gasteiger partial charge in [0.2, 0.25) is 5.95 Å². The molecule has 0 saturated carbocycles. The van der Waals surface area contributed by atoms with Crippen LogP contribution in [-0.4, -0.2) is 19.4 Å². The van der Waals surface area contributed by atoms with E-state index in [4.69, 9.17) is 8.83 Å². The normalized spacial score (nSPS) is 11.2. The summed E-state index contributed by atoms with van der Waals surface area (Å²) < 4.78 is 25.9. The zero-order chi connectivity index (χ0) is 18.9. The fourth-order valence-electron chi connectivity index (χ4n) is 2.99. The summed E-state index contributed by atoms with van der Waals surface area (Å²) in [6, 6.07) is 11.6. The van der Waals surface area contributed by atoms with Crippen LogP contribution in [0.25, 0.3) is 28.5 Å². The van der Waals surface area contributed by atoms with Gasteiger partial charge in [0.1, 0.15) is 29.2 Å². The summed E-state index contributed by atoms with van der Waals surface area (Å²) >= 11 is 0. The first-order chi connectivity index (χ1) is 13.8. The second-order valence-electron chi connectivity index (χ2n) is 6.07. The fraction of sp³-hybridized carbons (Fsp3) is 0.0500. The summed E-state index contributed by atoms with van der Waals surface area (Å²) in [5, 5.41) is 3.14. The van der Waals surface area contributed by atoms with Crippen molar-refractivity contribution in [1.82, 2.24) is 19.4 Å². The summed E-state index contributed by atoms with van der Waals surface area (Å²) in [6.07, 6.45) is 6.60. The Morgan fingerprint density at radius 3 is 2.71 bits per heavy atom. The van der Waals surface area contributed by atoms with E-state index in [9.17, 15) is 4.39 Å². The van der Waals surface area contributed by atoms with Crippen molar-refractivity contribution >= 4 is 11.8 Å². The van der Waals surface area contributed by atoms with Gasteiger partial charge in [-0.15, -0.1) is 0 Å². The van der Waals surface area contributed by atoms with Crippen LogP contribution in [0.4, 0.5) is 10.3 Å². The second-order valence-corrected chi connectivity index (χ2v) is 6.07. The Kier molecular flexibility index (Phi) is 3.86. The van der Waals surface area contributed by atoms with Crippen molar-refractivity contribution in [2.45, 2.75) is 6.54 Å². The number of hydrogen-bond acceptors (Lipinski definition) is 6. The molecule has 4 aromatic heterocycles. The van der Waals surface area contributed by atoms with Crippen molar-refractivity contribution in [2.75, 3.05) is 5.32 Å². The average molecular weight is 375 g/mol. The molecule has 0 radical (unpaired) electrons. The highest BCUT2D eigenvalue weighted by atomic mass is 19.1. The van der Waals surface area contributed by atoms with Gasteiger partial charge in [0.25, 0.3) is 0 Å². The number of furan rings is 1. The lowest BCUT2D eigenvalue weighted by Gasteiger charge is -2.07. The Balaban J connectivity index is 1.57. The summed E-state index contributed by atoms with van der Waals surface area (Å²) in [5.41, 5.74) is 2.80. The van der Waals surface area contributed by atoms with Crippen LogP contribution in [0.2, 0.25) is 0 Å². The molecule has 4 heterocycles. The number of benzene rings is 1. The van der Waals surface area contributed by atoms with Gasteiger partial charge in [0, 0.05) is 18.0 Å². The van der Waals surface area contributed by atoms with E-state index in [0.717, 1.165) is 17.0 Å². The number of imidazole rings is 1. The predicted molar refractivity (Wildman–Crippen MR) is 99.9 cm³/mol. The Morgan fingerprint density at radius 1 is 1.00 bits per heavy atom. The first kappa shape index (κ1) is 16.2. The van der Waals surface area contributed by atoms with Crippen LogP contribution in [0.3, 0.4) is 0 Å². The third-order valence-corrected chi connectivity index (χ3v) is 4.28. The molecule has 5 rings (SSSR count). The summed E-state index contributed by atoms with van der Waals surface area (Å²) in [5.74, 6) is 1.36. The van der Waals surface area contributed by atoms with Crippen LogP contribution in [0.5, 0.6) is 0 Å². The van der Waals surface area contributed by atoms with E-state index in [0.29, 0.717) is 29.7 Å². The van der Waals surface area contributed by atoms with E-state index >= 15 is 0 Å². The number of fused-ring (bicyclic) bond motifs is 1. The van der Waals surface area contributed by atoms with Crippen molar-refractivity contribution in [3.8, 4) is 22.6 Å². The van der Waals surface area contributed by atoms with Crippen molar-refractivity contribution in [3.63, 3.8) is 0 Å². The molecule has 0 fully saturated rings. The van der Waals surface area contributed by atoms with Gasteiger partial charge >= 0.3 is 5.84 Å². The maximum atomic E-state index is 13.3. The zero-order valence-corrected chi connectivity index (χ0v) is 14.5. The van der Waals surface area contributed by atoms with Crippen molar-refractivity contribution in [3.05, 3.63) is 79.0 Å². The van der Waals surface area contributed by atoms with Crippen LogP contribution < -0.4 is 5.32 Å². The number of rotatable bonds is 5. The van der Waals surface area contributed by atoms with Crippen LogP contribution in [0.1, 0.15) is 5.76 Å². The molecule has 5 aromatic rings.